The second kappa shape index (κ2) is 6.52. The first-order chi connectivity index (χ1) is 11.5. The van der Waals surface area contributed by atoms with Crippen LogP contribution in [0.2, 0.25) is 0 Å². The number of fused-ring (bicyclic) bond motifs is 1. The highest BCUT2D eigenvalue weighted by atomic mass is 19.4. The van der Waals surface area contributed by atoms with Crippen LogP contribution in [0.3, 0.4) is 0 Å². The van der Waals surface area contributed by atoms with Crippen molar-refractivity contribution in [1.29, 1.82) is 0 Å². The number of nitrogens with zero attached hydrogens (tertiary/aromatic N) is 1. The summed E-state index contributed by atoms with van der Waals surface area (Å²) in [4.78, 5) is 4.02. The molecule has 0 aliphatic heterocycles. The van der Waals surface area contributed by atoms with Crippen LogP contribution in [0.25, 0.3) is 10.9 Å². The van der Waals surface area contributed by atoms with Gasteiger partial charge < -0.3 is 14.8 Å². The third kappa shape index (κ3) is 3.35. The third-order valence-corrected chi connectivity index (χ3v) is 3.70. The number of anilines is 1. The second-order valence-electron chi connectivity index (χ2n) is 5.31. The first-order valence-corrected chi connectivity index (χ1v) is 7.36. The zero-order valence-electron chi connectivity index (χ0n) is 12.5. The van der Waals surface area contributed by atoms with Crippen molar-refractivity contribution in [1.82, 2.24) is 4.98 Å². The zero-order valence-corrected chi connectivity index (χ0v) is 12.5. The van der Waals surface area contributed by atoms with Crippen LogP contribution in [0.1, 0.15) is 23.8 Å². The molecule has 126 valence electrons. The summed E-state index contributed by atoms with van der Waals surface area (Å²) in [5, 5.41) is 13.0. The first kappa shape index (κ1) is 16.3. The van der Waals surface area contributed by atoms with Crippen molar-refractivity contribution >= 4 is 16.6 Å². The predicted molar refractivity (Wildman–Crippen MR) is 83.5 cm³/mol. The topological polar surface area (TPSA) is 58.3 Å². The fourth-order valence-corrected chi connectivity index (χ4v) is 2.54. The Bertz CT molecular complexity index is 816. The Morgan fingerprint density at radius 2 is 2.04 bits per heavy atom. The molecule has 0 fully saturated rings. The van der Waals surface area contributed by atoms with Gasteiger partial charge in [-0.1, -0.05) is 6.07 Å². The monoisotopic (exact) mass is 336 g/mol. The molecule has 2 N–H and O–H groups in total. The number of aromatic nitrogens is 1. The Hall–Kier alpha value is -2.54. The molecule has 1 aromatic carbocycles. The van der Waals surface area contributed by atoms with E-state index in [4.69, 9.17) is 4.42 Å². The first-order valence-electron chi connectivity index (χ1n) is 7.36. The molecular formula is C17H15F3N2O2. The van der Waals surface area contributed by atoms with Crippen LogP contribution in [0.15, 0.2) is 53.3 Å². The number of hydrogen-bond donors (Lipinski definition) is 2. The van der Waals surface area contributed by atoms with Crippen molar-refractivity contribution < 1.29 is 22.7 Å². The number of benzene rings is 1. The zero-order chi connectivity index (χ0) is 17.2. The predicted octanol–water partition coefficient (Wildman–Crippen LogP) is 4.38. The van der Waals surface area contributed by atoms with Gasteiger partial charge in [0.15, 0.2) is 0 Å². The van der Waals surface area contributed by atoms with E-state index in [0.717, 1.165) is 12.1 Å². The molecule has 2 heterocycles. The largest absolute Gasteiger partial charge is 0.467 e. The molecule has 4 nitrogen and oxygen atoms in total. The summed E-state index contributed by atoms with van der Waals surface area (Å²) in [6.45, 7) is -0.0559. The van der Waals surface area contributed by atoms with Crippen molar-refractivity contribution in [2.24, 2.45) is 0 Å². The lowest BCUT2D eigenvalue weighted by Gasteiger charge is -2.18. The highest BCUT2D eigenvalue weighted by Gasteiger charge is 2.30. The second-order valence-corrected chi connectivity index (χ2v) is 5.31. The number of halogens is 3. The van der Waals surface area contributed by atoms with Crippen molar-refractivity contribution in [3.8, 4) is 0 Å². The molecule has 1 atom stereocenters. The number of aliphatic hydroxyl groups is 1. The lowest BCUT2D eigenvalue weighted by atomic mass is 10.1. The van der Waals surface area contributed by atoms with Crippen LogP contribution in [-0.4, -0.2) is 16.7 Å². The highest BCUT2D eigenvalue weighted by molar-refractivity contribution is 5.91. The number of aliphatic hydroxyl groups excluding tert-OH is 1. The number of rotatable bonds is 5. The minimum atomic E-state index is -4.41. The van der Waals surface area contributed by atoms with Crippen molar-refractivity contribution in [3.05, 3.63) is 60.2 Å². The van der Waals surface area contributed by atoms with Gasteiger partial charge in [-0.3, -0.25) is 4.98 Å². The Labute approximate surface area is 135 Å². The van der Waals surface area contributed by atoms with Gasteiger partial charge in [0.2, 0.25) is 0 Å². The average molecular weight is 336 g/mol. The molecule has 0 aliphatic carbocycles. The van der Waals surface area contributed by atoms with E-state index in [1.54, 1.807) is 18.2 Å². The van der Waals surface area contributed by atoms with Crippen LogP contribution >= 0.6 is 0 Å². The van der Waals surface area contributed by atoms with Gasteiger partial charge in [-0.05, 0) is 36.8 Å². The molecule has 0 saturated heterocycles. The summed E-state index contributed by atoms with van der Waals surface area (Å²) < 4.78 is 43.8. The summed E-state index contributed by atoms with van der Waals surface area (Å²) in [5.41, 5.74) is 0.137. The van der Waals surface area contributed by atoms with E-state index in [-0.39, 0.29) is 18.2 Å². The highest BCUT2D eigenvalue weighted by Crippen LogP contribution is 2.33. The maximum Gasteiger partial charge on any atom is 0.416 e. The van der Waals surface area contributed by atoms with Crippen molar-refractivity contribution in [2.75, 3.05) is 11.9 Å². The van der Waals surface area contributed by atoms with E-state index in [2.05, 4.69) is 10.3 Å². The molecule has 2 aromatic heterocycles. The smallest absolute Gasteiger partial charge is 0.416 e. The molecular weight excluding hydrogens is 321 g/mol. The Morgan fingerprint density at radius 3 is 2.71 bits per heavy atom. The summed E-state index contributed by atoms with van der Waals surface area (Å²) >= 11 is 0. The van der Waals surface area contributed by atoms with Gasteiger partial charge in [0.25, 0.3) is 0 Å². The van der Waals surface area contributed by atoms with E-state index in [1.807, 2.05) is 0 Å². The summed E-state index contributed by atoms with van der Waals surface area (Å²) in [6, 6.07) is 8.35. The molecule has 7 heteroatoms. The Morgan fingerprint density at radius 1 is 1.21 bits per heavy atom. The maximum absolute atomic E-state index is 12.8. The fraction of sp³-hybridized carbons (Fsp3) is 0.235. The minimum Gasteiger partial charge on any atom is -0.467 e. The molecule has 0 bridgehead atoms. The molecule has 24 heavy (non-hydrogen) atoms. The number of alkyl halides is 3. The van der Waals surface area contributed by atoms with Gasteiger partial charge in [-0.2, -0.15) is 13.2 Å². The minimum absolute atomic E-state index is 0.0559. The summed E-state index contributed by atoms with van der Waals surface area (Å²) in [7, 11) is 0. The Kier molecular flexibility index (Phi) is 4.44. The lowest BCUT2D eigenvalue weighted by Crippen LogP contribution is -2.12. The normalized spacial score (nSPS) is 13.2. The van der Waals surface area contributed by atoms with E-state index >= 15 is 0 Å². The summed E-state index contributed by atoms with van der Waals surface area (Å²) in [5.74, 6) is 0.640. The molecule has 1 unspecified atom stereocenters. The SMILES string of the molecule is OCCC(Nc1ccnc2cc(C(F)(F)F)ccc12)c1ccco1. The molecule has 0 saturated carbocycles. The number of furan rings is 1. The van der Waals surface area contributed by atoms with Crippen LogP contribution < -0.4 is 5.32 Å². The molecule has 0 radical (unpaired) electrons. The maximum atomic E-state index is 12.8. The number of nitrogens with one attached hydrogen (secondary N) is 1. The number of hydrogen-bond acceptors (Lipinski definition) is 4. The van der Waals surface area contributed by atoms with E-state index in [9.17, 15) is 18.3 Å². The number of pyridine rings is 1. The van der Waals surface area contributed by atoms with Crippen molar-refractivity contribution in [2.45, 2.75) is 18.6 Å². The molecule has 0 aliphatic rings. The van der Waals surface area contributed by atoms with E-state index in [1.165, 1.54) is 18.5 Å². The van der Waals surface area contributed by atoms with Gasteiger partial charge in [0, 0.05) is 23.9 Å². The van der Waals surface area contributed by atoms with Gasteiger partial charge in [0.1, 0.15) is 5.76 Å². The van der Waals surface area contributed by atoms with Crippen LogP contribution in [0.4, 0.5) is 18.9 Å². The van der Waals surface area contributed by atoms with Crippen LogP contribution in [0, 0.1) is 0 Å². The standard InChI is InChI=1S/C17H15F3N2O2/c18-17(19,20)11-3-4-12-13(5-7-21-15(12)10-11)22-14(6-8-23)16-2-1-9-24-16/h1-5,7,9-10,14,23H,6,8H2,(H,21,22). The van der Waals surface area contributed by atoms with E-state index in [0.29, 0.717) is 23.3 Å². The van der Waals surface area contributed by atoms with Gasteiger partial charge in [-0.15, -0.1) is 0 Å². The molecule has 3 rings (SSSR count). The molecule has 0 spiro atoms. The van der Waals surface area contributed by atoms with Crippen LogP contribution in [-0.2, 0) is 6.18 Å². The third-order valence-electron chi connectivity index (χ3n) is 3.70. The Balaban J connectivity index is 1.97. The van der Waals surface area contributed by atoms with Gasteiger partial charge in [0.05, 0.1) is 23.4 Å². The van der Waals surface area contributed by atoms with Gasteiger partial charge in [-0.25, -0.2) is 0 Å². The molecule has 0 amide bonds. The van der Waals surface area contributed by atoms with Crippen LogP contribution in [0.5, 0.6) is 0 Å². The van der Waals surface area contributed by atoms with Crippen molar-refractivity contribution in [3.63, 3.8) is 0 Å². The quantitative estimate of drug-likeness (QED) is 0.726. The average Bonchev–Trinajstić information content (AvgIpc) is 3.07. The molecule has 3 aromatic rings. The van der Waals surface area contributed by atoms with Gasteiger partial charge >= 0.3 is 6.18 Å². The summed E-state index contributed by atoms with van der Waals surface area (Å²) in [6.07, 6.45) is -1.03. The lowest BCUT2D eigenvalue weighted by molar-refractivity contribution is -0.137. The fourth-order valence-electron chi connectivity index (χ4n) is 2.54. The van der Waals surface area contributed by atoms with E-state index < -0.39 is 11.7 Å².